The highest BCUT2D eigenvalue weighted by atomic mass is 19.4. The number of carbonyl (C=O) groups excluding carboxylic acids is 1. The van der Waals surface area contributed by atoms with E-state index < -0.39 is 24.9 Å². The number of ether oxygens (including phenoxy) is 1. The van der Waals surface area contributed by atoms with Crippen LogP contribution in [0.3, 0.4) is 0 Å². The van der Waals surface area contributed by atoms with E-state index in [1.165, 1.54) is 0 Å². The van der Waals surface area contributed by atoms with Crippen molar-refractivity contribution in [3.63, 3.8) is 0 Å². The van der Waals surface area contributed by atoms with Gasteiger partial charge in [0.15, 0.2) is 6.10 Å². The predicted molar refractivity (Wildman–Crippen MR) is 74.5 cm³/mol. The summed E-state index contributed by atoms with van der Waals surface area (Å²) >= 11 is 0. The van der Waals surface area contributed by atoms with E-state index in [4.69, 9.17) is 9.84 Å². The summed E-state index contributed by atoms with van der Waals surface area (Å²) in [5.41, 5.74) is 0.697. The van der Waals surface area contributed by atoms with Crippen LogP contribution in [-0.2, 0) is 6.54 Å². The van der Waals surface area contributed by atoms with Gasteiger partial charge in [0.05, 0.1) is 12.6 Å². The summed E-state index contributed by atoms with van der Waals surface area (Å²) in [7, 11) is 0. The highest BCUT2D eigenvalue weighted by molar-refractivity contribution is 5.73. The molecule has 124 valence electrons. The van der Waals surface area contributed by atoms with Crippen LogP contribution < -0.4 is 15.4 Å². The Labute approximate surface area is 126 Å². The number of aliphatic hydroxyl groups excluding tert-OH is 1. The van der Waals surface area contributed by atoms with Crippen molar-refractivity contribution >= 4 is 6.03 Å². The maximum Gasteiger partial charge on any atom is 0.416 e. The Balaban J connectivity index is 2.48. The van der Waals surface area contributed by atoms with Gasteiger partial charge in [0.2, 0.25) is 0 Å². The summed E-state index contributed by atoms with van der Waals surface area (Å²) in [6, 6.07) is 6.21. The van der Waals surface area contributed by atoms with Gasteiger partial charge in [-0.2, -0.15) is 13.2 Å². The molecule has 1 aromatic rings. The number of alkyl halides is 3. The first-order valence-electron chi connectivity index (χ1n) is 6.71. The maximum atomic E-state index is 12.1. The Morgan fingerprint density at radius 1 is 1.27 bits per heavy atom. The number of amides is 2. The van der Waals surface area contributed by atoms with E-state index in [0.717, 1.165) is 0 Å². The smallest absolute Gasteiger partial charge is 0.416 e. The monoisotopic (exact) mass is 320 g/mol. The largest absolute Gasteiger partial charge is 0.491 e. The molecule has 5 nitrogen and oxygen atoms in total. The zero-order valence-corrected chi connectivity index (χ0v) is 12.3. The number of hydrogen-bond acceptors (Lipinski definition) is 3. The quantitative estimate of drug-likeness (QED) is 0.752. The average molecular weight is 320 g/mol. The zero-order chi connectivity index (χ0) is 16.8. The Bertz CT molecular complexity index is 492. The highest BCUT2D eigenvalue weighted by Crippen LogP contribution is 2.20. The molecule has 0 spiro atoms. The molecule has 0 bridgehead atoms. The summed E-state index contributed by atoms with van der Waals surface area (Å²) < 4.78 is 41.8. The molecule has 0 fully saturated rings. The number of halogens is 3. The van der Waals surface area contributed by atoms with Gasteiger partial charge in [0, 0.05) is 12.1 Å². The van der Waals surface area contributed by atoms with E-state index in [9.17, 15) is 18.0 Å². The van der Waals surface area contributed by atoms with Gasteiger partial charge < -0.3 is 20.5 Å². The van der Waals surface area contributed by atoms with Crippen molar-refractivity contribution in [2.24, 2.45) is 0 Å². The van der Waals surface area contributed by atoms with E-state index in [2.05, 4.69) is 5.32 Å². The minimum absolute atomic E-state index is 0.0445. The molecule has 0 heterocycles. The third kappa shape index (κ3) is 6.21. The van der Waals surface area contributed by atoms with Crippen molar-refractivity contribution in [1.29, 1.82) is 0 Å². The number of rotatable bonds is 6. The molecule has 0 aliphatic carbocycles. The molecule has 2 amide bonds. The summed E-state index contributed by atoms with van der Waals surface area (Å²) in [6.45, 7) is 2.90. The van der Waals surface area contributed by atoms with Crippen LogP contribution in [0.25, 0.3) is 0 Å². The molecule has 0 saturated heterocycles. The third-order valence-electron chi connectivity index (χ3n) is 2.61. The number of hydrogen-bond donors (Lipinski definition) is 3. The van der Waals surface area contributed by atoms with Crippen LogP contribution in [0.15, 0.2) is 24.3 Å². The van der Waals surface area contributed by atoms with Gasteiger partial charge in [0.25, 0.3) is 0 Å². The maximum absolute atomic E-state index is 12.1. The molecule has 22 heavy (non-hydrogen) atoms. The van der Waals surface area contributed by atoms with Crippen LogP contribution in [0, 0.1) is 0 Å². The van der Waals surface area contributed by atoms with Gasteiger partial charge in [-0.3, -0.25) is 0 Å². The fourth-order valence-electron chi connectivity index (χ4n) is 1.56. The molecular weight excluding hydrogens is 301 g/mol. The van der Waals surface area contributed by atoms with Crippen LogP contribution >= 0.6 is 0 Å². The van der Waals surface area contributed by atoms with E-state index >= 15 is 0 Å². The number of urea groups is 1. The number of benzene rings is 1. The molecule has 0 saturated carbocycles. The summed E-state index contributed by atoms with van der Waals surface area (Å²) in [6.07, 6.45) is -7.39. The molecule has 8 heteroatoms. The lowest BCUT2D eigenvalue weighted by molar-refractivity contribution is -0.201. The standard InChI is InChI=1S/C14H19F3N2O3/c1-9(2)22-11-6-4-3-5-10(11)7-18-13(21)19-8-12(20)14(15,16)17/h3-6,9,12,20H,7-8H2,1-2H3,(H2,18,19,21). The third-order valence-corrected chi connectivity index (χ3v) is 2.61. The van der Waals surface area contributed by atoms with Crippen LogP contribution in [-0.4, -0.2) is 36.1 Å². The van der Waals surface area contributed by atoms with E-state index in [-0.39, 0.29) is 12.6 Å². The molecule has 3 N–H and O–H groups in total. The van der Waals surface area contributed by atoms with Crippen molar-refractivity contribution in [1.82, 2.24) is 10.6 Å². The van der Waals surface area contributed by atoms with Gasteiger partial charge in [-0.15, -0.1) is 0 Å². The fraction of sp³-hybridized carbons (Fsp3) is 0.500. The molecular formula is C14H19F3N2O3. The molecule has 0 radical (unpaired) electrons. The van der Waals surface area contributed by atoms with Crippen LogP contribution in [0.2, 0.25) is 0 Å². The highest BCUT2D eigenvalue weighted by Gasteiger charge is 2.38. The lowest BCUT2D eigenvalue weighted by Gasteiger charge is -2.16. The second kappa shape index (κ2) is 7.88. The van der Waals surface area contributed by atoms with E-state index in [1.807, 2.05) is 19.2 Å². The van der Waals surface area contributed by atoms with Gasteiger partial charge in [-0.1, -0.05) is 18.2 Å². The lowest BCUT2D eigenvalue weighted by atomic mass is 10.2. The van der Waals surface area contributed by atoms with Gasteiger partial charge in [-0.05, 0) is 19.9 Å². The molecule has 1 aromatic carbocycles. The molecule has 0 aliphatic heterocycles. The van der Waals surface area contributed by atoms with Crippen LogP contribution in [0.4, 0.5) is 18.0 Å². The molecule has 0 aromatic heterocycles. The second-order valence-electron chi connectivity index (χ2n) is 4.90. The minimum Gasteiger partial charge on any atom is -0.491 e. The molecule has 1 unspecified atom stereocenters. The fourth-order valence-corrected chi connectivity index (χ4v) is 1.56. The lowest BCUT2D eigenvalue weighted by Crippen LogP contribution is -2.44. The normalized spacial score (nSPS) is 12.9. The van der Waals surface area contributed by atoms with E-state index in [0.29, 0.717) is 11.3 Å². The molecule has 0 aliphatic rings. The summed E-state index contributed by atoms with van der Waals surface area (Å²) in [4.78, 5) is 11.4. The van der Waals surface area contributed by atoms with Gasteiger partial charge >= 0.3 is 12.2 Å². The number of aliphatic hydroxyl groups is 1. The first-order chi connectivity index (χ1) is 10.2. The summed E-state index contributed by atoms with van der Waals surface area (Å²) in [5.74, 6) is 0.591. The number of para-hydroxylation sites is 1. The van der Waals surface area contributed by atoms with Crippen LogP contribution in [0.1, 0.15) is 19.4 Å². The Morgan fingerprint density at radius 2 is 1.91 bits per heavy atom. The zero-order valence-electron chi connectivity index (χ0n) is 12.3. The topological polar surface area (TPSA) is 70.6 Å². The predicted octanol–water partition coefficient (Wildman–Crippen LogP) is 2.20. The molecule has 1 rings (SSSR count). The van der Waals surface area contributed by atoms with Gasteiger partial charge in [-0.25, -0.2) is 4.79 Å². The SMILES string of the molecule is CC(C)Oc1ccccc1CNC(=O)NCC(O)C(F)(F)F. The van der Waals surface area contributed by atoms with Crippen molar-refractivity contribution in [2.75, 3.05) is 6.54 Å². The van der Waals surface area contributed by atoms with Crippen molar-refractivity contribution < 1.29 is 27.8 Å². The van der Waals surface area contributed by atoms with Crippen molar-refractivity contribution in [3.05, 3.63) is 29.8 Å². The van der Waals surface area contributed by atoms with E-state index in [1.54, 1.807) is 24.3 Å². The summed E-state index contributed by atoms with van der Waals surface area (Å²) in [5, 5.41) is 13.1. The van der Waals surface area contributed by atoms with Crippen LogP contribution in [0.5, 0.6) is 5.75 Å². The Kier molecular flexibility index (Phi) is 6.48. The van der Waals surface area contributed by atoms with Crippen molar-refractivity contribution in [3.8, 4) is 5.75 Å². The first kappa shape index (κ1) is 18.1. The molecule has 1 atom stereocenters. The van der Waals surface area contributed by atoms with Crippen molar-refractivity contribution in [2.45, 2.75) is 38.8 Å². The Hall–Kier alpha value is -1.96. The van der Waals surface area contributed by atoms with Gasteiger partial charge in [0.1, 0.15) is 5.75 Å². The average Bonchev–Trinajstić information content (AvgIpc) is 2.42. The number of carbonyl (C=O) groups is 1. The first-order valence-corrected chi connectivity index (χ1v) is 6.71. The number of nitrogens with one attached hydrogen (secondary N) is 2. The Morgan fingerprint density at radius 3 is 2.50 bits per heavy atom. The second-order valence-corrected chi connectivity index (χ2v) is 4.90. The minimum atomic E-state index is -4.76.